The Kier molecular flexibility index (Phi) is 4.27. The number of amidine groups is 1. The van der Waals surface area contributed by atoms with Crippen molar-refractivity contribution >= 4 is 38.4 Å². The monoisotopic (exact) mass is 352 g/mol. The maximum Gasteiger partial charge on any atom is 0.250 e. The van der Waals surface area contributed by atoms with Gasteiger partial charge in [-0.15, -0.1) is 0 Å². The zero-order chi connectivity index (χ0) is 16.8. The van der Waals surface area contributed by atoms with E-state index in [1.54, 1.807) is 0 Å². The summed E-state index contributed by atoms with van der Waals surface area (Å²) in [5.74, 6) is -0.0768. The average Bonchev–Trinajstić information content (AvgIpc) is 2.91. The second kappa shape index (κ2) is 5.94. The molecule has 5 nitrogen and oxygen atoms in total. The maximum absolute atomic E-state index is 12.0. The van der Waals surface area contributed by atoms with E-state index in [4.69, 9.17) is 0 Å². The minimum Gasteiger partial charge on any atom is -0.316 e. The Morgan fingerprint density at radius 1 is 1.26 bits per heavy atom. The van der Waals surface area contributed by atoms with Gasteiger partial charge < -0.3 is 4.90 Å². The van der Waals surface area contributed by atoms with Crippen LogP contribution in [0.25, 0.3) is 0 Å². The highest BCUT2D eigenvalue weighted by Crippen LogP contribution is 2.41. The van der Waals surface area contributed by atoms with E-state index in [1.807, 2.05) is 49.9 Å². The maximum atomic E-state index is 12.0. The van der Waals surface area contributed by atoms with Crippen LogP contribution in [0.1, 0.15) is 19.4 Å². The molecule has 1 aromatic carbocycles. The molecule has 1 amide bonds. The van der Waals surface area contributed by atoms with Gasteiger partial charge in [-0.25, -0.2) is 8.42 Å². The molecule has 0 unspecified atom stereocenters. The molecule has 7 heteroatoms. The van der Waals surface area contributed by atoms with Crippen LogP contribution in [0.15, 0.2) is 29.3 Å². The van der Waals surface area contributed by atoms with Crippen LogP contribution in [-0.2, 0) is 14.6 Å². The quantitative estimate of drug-likeness (QED) is 0.817. The summed E-state index contributed by atoms with van der Waals surface area (Å²) in [6, 6.07) is 7.74. The first-order valence-corrected chi connectivity index (χ1v) is 10.3. The van der Waals surface area contributed by atoms with E-state index < -0.39 is 9.84 Å². The fourth-order valence-corrected chi connectivity index (χ4v) is 6.71. The number of thioether (sulfide) groups is 1. The minimum atomic E-state index is -3.03. The van der Waals surface area contributed by atoms with Crippen molar-refractivity contribution < 1.29 is 13.2 Å². The first kappa shape index (κ1) is 16.5. The lowest BCUT2D eigenvalue weighted by Gasteiger charge is -2.24. The van der Waals surface area contributed by atoms with Gasteiger partial charge in [0.1, 0.15) is 0 Å². The van der Waals surface area contributed by atoms with Gasteiger partial charge in [-0.05, 0) is 19.1 Å². The largest absolute Gasteiger partial charge is 0.316 e. The van der Waals surface area contributed by atoms with E-state index in [0.29, 0.717) is 5.17 Å². The number of sulfone groups is 1. The number of hydrogen-bond donors (Lipinski definition) is 0. The molecule has 2 heterocycles. The molecule has 0 saturated carbocycles. The number of carbonyl (C=O) groups excluding carboxylic acids is 1. The molecule has 2 saturated heterocycles. The molecular weight excluding hydrogens is 332 g/mol. The standard InChI is InChI=1S/C16H20N2O3S2/c1-10(2)15(19)17-16-18(12-6-4-11(3)5-7-12)13-8-23(20,21)9-14(13)22-16/h4-7,10,13-14H,8-9H2,1-3H3/t13-,14-/m1/s1. The van der Waals surface area contributed by atoms with Crippen LogP contribution >= 0.6 is 11.8 Å². The number of rotatable bonds is 2. The second-order valence-electron chi connectivity index (χ2n) is 6.39. The molecule has 0 radical (unpaired) electrons. The highest BCUT2D eigenvalue weighted by molar-refractivity contribution is 8.16. The van der Waals surface area contributed by atoms with Gasteiger partial charge >= 0.3 is 0 Å². The third-order valence-corrected chi connectivity index (χ3v) is 7.29. The van der Waals surface area contributed by atoms with Gasteiger partial charge in [0, 0.05) is 16.9 Å². The molecule has 2 aliphatic rings. The summed E-state index contributed by atoms with van der Waals surface area (Å²) in [7, 11) is -3.03. The first-order valence-electron chi connectivity index (χ1n) is 7.62. The lowest BCUT2D eigenvalue weighted by molar-refractivity contribution is -0.120. The SMILES string of the molecule is Cc1ccc(N2C(=NC(=O)C(C)C)S[C@@H]3CS(=O)(=O)C[C@H]32)cc1. The predicted molar refractivity (Wildman–Crippen MR) is 94.8 cm³/mol. The molecule has 0 aromatic heterocycles. The van der Waals surface area contributed by atoms with E-state index in [2.05, 4.69) is 4.99 Å². The van der Waals surface area contributed by atoms with Crippen molar-refractivity contribution in [3.63, 3.8) is 0 Å². The molecule has 2 atom stereocenters. The van der Waals surface area contributed by atoms with Crippen molar-refractivity contribution in [3.05, 3.63) is 29.8 Å². The van der Waals surface area contributed by atoms with E-state index in [-0.39, 0.29) is 34.6 Å². The summed E-state index contributed by atoms with van der Waals surface area (Å²) in [6.45, 7) is 5.63. The second-order valence-corrected chi connectivity index (χ2v) is 9.75. The Balaban J connectivity index is 2.00. The number of amides is 1. The zero-order valence-electron chi connectivity index (χ0n) is 13.4. The van der Waals surface area contributed by atoms with E-state index in [9.17, 15) is 13.2 Å². The highest BCUT2D eigenvalue weighted by Gasteiger charge is 2.49. The molecule has 23 heavy (non-hydrogen) atoms. The van der Waals surface area contributed by atoms with E-state index in [1.165, 1.54) is 11.8 Å². The van der Waals surface area contributed by atoms with Gasteiger partial charge in [0.2, 0.25) is 0 Å². The van der Waals surface area contributed by atoms with Gasteiger partial charge in [0.05, 0.1) is 17.5 Å². The Morgan fingerprint density at radius 2 is 1.91 bits per heavy atom. The Morgan fingerprint density at radius 3 is 2.52 bits per heavy atom. The summed E-state index contributed by atoms with van der Waals surface area (Å²) >= 11 is 1.41. The van der Waals surface area contributed by atoms with Crippen LogP contribution in [0.4, 0.5) is 5.69 Å². The lowest BCUT2D eigenvalue weighted by atomic mass is 10.1. The van der Waals surface area contributed by atoms with Gasteiger partial charge in [0.15, 0.2) is 15.0 Å². The number of benzene rings is 1. The Hall–Kier alpha value is -1.34. The van der Waals surface area contributed by atoms with Crippen LogP contribution in [0.5, 0.6) is 0 Å². The van der Waals surface area contributed by atoms with E-state index in [0.717, 1.165) is 11.3 Å². The summed E-state index contributed by atoms with van der Waals surface area (Å²) < 4.78 is 23.9. The van der Waals surface area contributed by atoms with Gasteiger partial charge in [0.25, 0.3) is 5.91 Å². The van der Waals surface area contributed by atoms with Crippen LogP contribution in [0.3, 0.4) is 0 Å². The topological polar surface area (TPSA) is 66.8 Å². The fraction of sp³-hybridized carbons (Fsp3) is 0.500. The number of carbonyl (C=O) groups is 1. The highest BCUT2D eigenvalue weighted by atomic mass is 32.2. The van der Waals surface area contributed by atoms with Crippen molar-refractivity contribution in [3.8, 4) is 0 Å². The van der Waals surface area contributed by atoms with Crippen LogP contribution in [-0.4, -0.2) is 42.3 Å². The van der Waals surface area contributed by atoms with Gasteiger partial charge in [-0.2, -0.15) is 4.99 Å². The molecule has 3 rings (SSSR count). The van der Waals surface area contributed by atoms with Crippen molar-refractivity contribution in [2.75, 3.05) is 16.4 Å². The zero-order valence-corrected chi connectivity index (χ0v) is 15.0. The molecule has 0 N–H and O–H groups in total. The minimum absolute atomic E-state index is 0.0555. The predicted octanol–water partition coefficient (Wildman–Crippen LogP) is 2.25. The van der Waals surface area contributed by atoms with Crippen LogP contribution in [0, 0.1) is 12.8 Å². The summed E-state index contributed by atoms with van der Waals surface area (Å²) in [4.78, 5) is 18.2. The van der Waals surface area contributed by atoms with Crippen molar-refractivity contribution in [2.45, 2.75) is 32.1 Å². The Bertz CT molecular complexity index is 754. The summed E-state index contributed by atoms with van der Waals surface area (Å²) in [6.07, 6.45) is 0. The number of aryl methyl sites for hydroxylation is 1. The number of anilines is 1. The molecule has 0 spiro atoms. The molecule has 0 bridgehead atoms. The molecule has 124 valence electrons. The normalized spacial score (nSPS) is 27.7. The average molecular weight is 352 g/mol. The van der Waals surface area contributed by atoms with Crippen LogP contribution < -0.4 is 4.90 Å². The molecule has 2 fully saturated rings. The number of fused-ring (bicyclic) bond motifs is 1. The van der Waals surface area contributed by atoms with Crippen molar-refractivity contribution in [2.24, 2.45) is 10.9 Å². The first-order chi connectivity index (χ1) is 10.8. The van der Waals surface area contributed by atoms with Gasteiger partial charge in [-0.1, -0.05) is 43.3 Å². The fourth-order valence-electron chi connectivity index (χ4n) is 2.80. The molecule has 2 aliphatic heterocycles. The number of hydrogen-bond acceptors (Lipinski definition) is 4. The summed E-state index contributed by atoms with van der Waals surface area (Å²) in [5.41, 5.74) is 2.02. The third-order valence-electron chi connectivity index (χ3n) is 4.08. The van der Waals surface area contributed by atoms with E-state index >= 15 is 0 Å². The van der Waals surface area contributed by atoms with Crippen molar-refractivity contribution in [1.82, 2.24) is 0 Å². The van der Waals surface area contributed by atoms with Crippen LogP contribution in [0.2, 0.25) is 0 Å². The van der Waals surface area contributed by atoms with Crippen molar-refractivity contribution in [1.29, 1.82) is 0 Å². The number of nitrogens with zero attached hydrogens (tertiary/aromatic N) is 2. The Labute approximate surface area is 141 Å². The lowest BCUT2D eigenvalue weighted by Crippen LogP contribution is -2.37. The van der Waals surface area contributed by atoms with Gasteiger partial charge in [-0.3, -0.25) is 4.79 Å². The molecule has 1 aromatic rings. The molecular formula is C16H20N2O3S2. The number of aliphatic imine (C=N–C) groups is 1. The third kappa shape index (κ3) is 3.30. The smallest absolute Gasteiger partial charge is 0.250 e. The molecule has 0 aliphatic carbocycles. The summed E-state index contributed by atoms with van der Waals surface area (Å²) in [5, 5.41) is 0.567.